The van der Waals surface area contributed by atoms with Crippen LogP contribution in [0.1, 0.15) is 18.4 Å². The van der Waals surface area contributed by atoms with Crippen LogP contribution >= 0.6 is 0 Å². The Labute approximate surface area is 115 Å². The van der Waals surface area contributed by atoms with Crippen molar-refractivity contribution in [2.75, 3.05) is 13.1 Å². The van der Waals surface area contributed by atoms with Gasteiger partial charge in [0.25, 0.3) is 0 Å². The molecule has 0 amide bonds. The number of aromatic nitrogens is 3. The Morgan fingerprint density at radius 2 is 1.95 bits per heavy atom. The van der Waals surface area contributed by atoms with E-state index in [-0.39, 0.29) is 0 Å². The van der Waals surface area contributed by atoms with Crippen LogP contribution in [0.2, 0.25) is 0 Å². The maximum absolute atomic E-state index is 13.6. The smallest absolute Gasteiger partial charge is 0.141 e. The van der Waals surface area contributed by atoms with E-state index in [1.54, 1.807) is 18.6 Å². The summed E-state index contributed by atoms with van der Waals surface area (Å²) in [6, 6.07) is 1.35. The molecule has 5 nitrogen and oxygen atoms in total. The Balaban J connectivity index is 2.11. The van der Waals surface area contributed by atoms with E-state index in [1.165, 1.54) is 6.07 Å². The first kappa shape index (κ1) is 13.1. The number of pyridine rings is 1. The van der Waals surface area contributed by atoms with E-state index in [2.05, 4.69) is 20.3 Å². The van der Waals surface area contributed by atoms with Crippen molar-refractivity contribution < 1.29 is 9.50 Å². The van der Waals surface area contributed by atoms with Gasteiger partial charge in [-0.3, -0.25) is 15.0 Å². The van der Waals surface area contributed by atoms with E-state index in [0.717, 1.165) is 6.20 Å². The Morgan fingerprint density at radius 1 is 1.15 bits per heavy atom. The van der Waals surface area contributed by atoms with E-state index >= 15 is 0 Å². The molecule has 104 valence electrons. The molecule has 0 aliphatic carbocycles. The molecule has 0 atom stereocenters. The molecule has 3 heterocycles. The average Bonchev–Trinajstić information content (AvgIpc) is 2.49. The molecule has 1 aliphatic rings. The van der Waals surface area contributed by atoms with Crippen LogP contribution in [0.4, 0.5) is 4.39 Å². The molecule has 1 aliphatic heterocycles. The highest BCUT2D eigenvalue weighted by Gasteiger charge is 2.34. The molecule has 20 heavy (non-hydrogen) atoms. The van der Waals surface area contributed by atoms with Crippen LogP contribution in [0, 0.1) is 5.82 Å². The lowest BCUT2D eigenvalue weighted by Gasteiger charge is -2.34. The number of hydrogen-bond acceptors (Lipinski definition) is 5. The number of halogens is 1. The Hall–Kier alpha value is -1.92. The third kappa shape index (κ3) is 2.39. The van der Waals surface area contributed by atoms with Gasteiger partial charge in [0.05, 0.1) is 23.7 Å². The third-order valence-electron chi connectivity index (χ3n) is 3.59. The largest absolute Gasteiger partial charge is 0.385 e. The SMILES string of the molecule is OC1(c2cc(F)cnc2-c2cnccn2)CCNCC1. The predicted molar refractivity (Wildman–Crippen MR) is 71.2 cm³/mol. The van der Waals surface area contributed by atoms with Crippen molar-refractivity contribution in [1.82, 2.24) is 20.3 Å². The van der Waals surface area contributed by atoms with E-state index in [4.69, 9.17) is 0 Å². The van der Waals surface area contributed by atoms with Crippen LogP contribution in [0.15, 0.2) is 30.9 Å². The van der Waals surface area contributed by atoms with Crippen molar-refractivity contribution in [3.8, 4) is 11.4 Å². The molecule has 0 aromatic carbocycles. The highest BCUT2D eigenvalue weighted by atomic mass is 19.1. The first-order valence-electron chi connectivity index (χ1n) is 6.54. The van der Waals surface area contributed by atoms with Gasteiger partial charge < -0.3 is 10.4 Å². The summed E-state index contributed by atoms with van der Waals surface area (Å²) in [7, 11) is 0. The maximum Gasteiger partial charge on any atom is 0.141 e. The Kier molecular flexibility index (Phi) is 3.42. The number of hydrogen-bond donors (Lipinski definition) is 2. The molecule has 2 aromatic heterocycles. The van der Waals surface area contributed by atoms with Crippen LogP contribution in [0.5, 0.6) is 0 Å². The first-order chi connectivity index (χ1) is 9.69. The van der Waals surface area contributed by atoms with Gasteiger partial charge in [-0.25, -0.2) is 4.39 Å². The summed E-state index contributed by atoms with van der Waals surface area (Å²) >= 11 is 0. The third-order valence-corrected chi connectivity index (χ3v) is 3.59. The standard InChI is InChI=1S/C14H15FN4O/c15-10-7-11(14(20)1-3-16-4-2-14)13(19-8-10)12-9-17-5-6-18-12/h5-9,16,20H,1-4H2. The highest BCUT2D eigenvalue weighted by molar-refractivity contribution is 5.59. The highest BCUT2D eigenvalue weighted by Crippen LogP contribution is 2.35. The Morgan fingerprint density at radius 3 is 2.65 bits per heavy atom. The van der Waals surface area contributed by atoms with Gasteiger partial charge >= 0.3 is 0 Å². The molecule has 0 radical (unpaired) electrons. The molecule has 1 saturated heterocycles. The maximum atomic E-state index is 13.6. The molecule has 2 N–H and O–H groups in total. The topological polar surface area (TPSA) is 70.9 Å². The second kappa shape index (κ2) is 5.22. The van der Waals surface area contributed by atoms with Crippen molar-refractivity contribution in [2.45, 2.75) is 18.4 Å². The zero-order chi connectivity index (χ0) is 14.0. The van der Waals surface area contributed by atoms with Crippen molar-refractivity contribution in [3.63, 3.8) is 0 Å². The Bertz CT molecular complexity index is 599. The number of aliphatic hydroxyl groups is 1. The average molecular weight is 274 g/mol. The van der Waals surface area contributed by atoms with Gasteiger partial charge in [0.2, 0.25) is 0 Å². The molecule has 0 spiro atoms. The molecule has 0 bridgehead atoms. The molecule has 0 unspecified atom stereocenters. The second-order valence-electron chi connectivity index (χ2n) is 4.92. The summed E-state index contributed by atoms with van der Waals surface area (Å²) in [6.07, 6.45) is 6.85. The normalized spacial score (nSPS) is 17.9. The fraction of sp³-hybridized carbons (Fsp3) is 0.357. The zero-order valence-corrected chi connectivity index (χ0v) is 10.9. The van der Waals surface area contributed by atoms with Crippen LogP contribution in [0.25, 0.3) is 11.4 Å². The minimum atomic E-state index is -1.08. The lowest BCUT2D eigenvalue weighted by Crippen LogP contribution is -2.40. The molecular weight excluding hydrogens is 259 g/mol. The van der Waals surface area contributed by atoms with Crippen LogP contribution in [-0.4, -0.2) is 33.1 Å². The lowest BCUT2D eigenvalue weighted by atomic mass is 9.83. The molecule has 6 heteroatoms. The van der Waals surface area contributed by atoms with Gasteiger partial charge in [-0.05, 0) is 32.0 Å². The minimum Gasteiger partial charge on any atom is -0.385 e. The fourth-order valence-corrected chi connectivity index (χ4v) is 2.53. The predicted octanol–water partition coefficient (Wildman–Crippen LogP) is 1.25. The lowest BCUT2D eigenvalue weighted by molar-refractivity contribution is 0.00591. The van der Waals surface area contributed by atoms with Crippen molar-refractivity contribution >= 4 is 0 Å². The first-order valence-corrected chi connectivity index (χ1v) is 6.54. The van der Waals surface area contributed by atoms with Gasteiger partial charge in [0.15, 0.2) is 0 Å². The quantitative estimate of drug-likeness (QED) is 0.862. The summed E-state index contributed by atoms with van der Waals surface area (Å²) in [5.74, 6) is -0.459. The van der Waals surface area contributed by atoms with Gasteiger partial charge in [0.1, 0.15) is 11.5 Å². The molecule has 1 fully saturated rings. The molecule has 0 saturated carbocycles. The number of nitrogens with one attached hydrogen (secondary N) is 1. The molecule has 2 aromatic rings. The van der Waals surface area contributed by atoms with Crippen molar-refractivity contribution in [1.29, 1.82) is 0 Å². The number of nitrogens with zero attached hydrogens (tertiary/aromatic N) is 3. The van der Waals surface area contributed by atoms with Crippen molar-refractivity contribution in [3.05, 3.63) is 42.2 Å². The van der Waals surface area contributed by atoms with Crippen LogP contribution in [0.3, 0.4) is 0 Å². The molecular formula is C14H15FN4O. The monoisotopic (exact) mass is 274 g/mol. The fourth-order valence-electron chi connectivity index (χ4n) is 2.53. The van der Waals surface area contributed by atoms with Gasteiger partial charge in [-0.1, -0.05) is 0 Å². The van der Waals surface area contributed by atoms with Crippen molar-refractivity contribution in [2.24, 2.45) is 0 Å². The summed E-state index contributed by atoms with van der Waals surface area (Å²) in [4.78, 5) is 12.3. The number of piperidine rings is 1. The van der Waals surface area contributed by atoms with Crippen LogP contribution in [-0.2, 0) is 5.60 Å². The zero-order valence-electron chi connectivity index (χ0n) is 10.9. The molecule has 3 rings (SSSR count). The van der Waals surface area contributed by atoms with E-state index in [9.17, 15) is 9.50 Å². The second-order valence-corrected chi connectivity index (χ2v) is 4.92. The van der Waals surface area contributed by atoms with E-state index in [0.29, 0.717) is 42.9 Å². The van der Waals surface area contributed by atoms with E-state index < -0.39 is 11.4 Å². The van der Waals surface area contributed by atoms with E-state index in [1.807, 2.05) is 0 Å². The van der Waals surface area contributed by atoms with Crippen LogP contribution < -0.4 is 5.32 Å². The number of rotatable bonds is 2. The minimum absolute atomic E-state index is 0.459. The van der Waals surface area contributed by atoms with Gasteiger partial charge in [0, 0.05) is 18.0 Å². The summed E-state index contributed by atoms with van der Waals surface area (Å²) in [6.45, 7) is 1.37. The summed E-state index contributed by atoms with van der Waals surface area (Å²) < 4.78 is 13.6. The summed E-state index contributed by atoms with van der Waals surface area (Å²) in [5.41, 5.74) is 0.436. The van der Waals surface area contributed by atoms with Gasteiger partial charge in [-0.2, -0.15) is 0 Å². The summed E-state index contributed by atoms with van der Waals surface area (Å²) in [5, 5.41) is 14.0. The van der Waals surface area contributed by atoms with Gasteiger partial charge in [-0.15, -0.1) is 0 Å².